The Hall–Kier alpha value is -3.07. The Balaban J connectivity index is 1.65. The summed E-state index contributed by atoms with van der Waals surface area (Å²) in [4.78, 5) is 46.4. The van der Waals surface area contributed by atoms with E-state index in [0.717, 1.165) is 5.56 Å². The Morgan fingerprint density at radius 3 is 2.93 bits per heavy atom. The third-order valence-electron chi connectivity index (χ3n) is 4.15. The van der Waals surface area contributed by atoms with Crippen LogP contribution in [-0.2, 0) is 14.3 Å². The van der Waals surface area contributed by atoms with Gasteiger partial charge in [0, 0.05) is 29.9 Å². The third-order valence-corrected chi connectivity index (χ3v) is 5.05. The van der Waals surface area contributed by atoms with Crippen molar-refractivity contribution in [2.24, 2.45) is 0 Å². The lowest BCUT2D eigenvalue weighted by atomic mass is 10.2. The molecule has 0 aromatic carbocycles. The Kier molecular flexibility index (Phi) is 5.60. The van der Waals surface area contributed by atoms with Crippen LogP contribution in [0.5, 0.6) is 0 Å². The Morgan fingerprint density at radius 1 is 1.41 bits per heavy atom. The molecule has 0 radical (unpaired) electrons. The number of thiazole rings is 1. The topological polar surface area (TPSA) is 101 Å². The lowest BCUT2D eigenvalue weighted by Gasteiger charge is -2.23. The van der Waals surface area contributed by atoms with E-state index in [0.29, 0.717) is 24.4 Å². The largest absolute Gasteiger partial charge is 0.467 e. The molecule has 3 heterocycles. The number of amides is 2. The minimum absolute atomic E-state index is 0.105. The van der Waals surface area contributed by atoms with Gasteiger partial charge in [-0.15, -0.1) is 11.3 Å². The molecule has 2 aromatic heterocycles. The van der Waals surface area contributed by atoms with Crippen LogP contribution in [-0.4, -0.2) is 52.3 Å². The molecule has 3 rings (SSSR count). The van der Waals surface area contributed by atoms with E-state index in [1.165, 1.54) is 23.3 Å². The SMILES string of the molecule is C=C(NC(=O)c1csc(-c2cccnc2)n1)C(=O)N1CCC[C@H]1C(=O)OC. The number of carbonyl (C=O) groups is 3. The number of hydrogen-bond donors (Lipinski definition) is 1. The van der Waals surface area contributed by atoms with Crippen LogP contribution in [0.2, 0.25) is 0 Å². The van der Waals surface area contributed by atoms with Crippen LogP contribution >= 0.6 is 11.3 Å². The van der Waals surface area contributed by atoms with Crippen LogP contribution < -0.4 is 5.32 Å². The van der Waals surface area contributed by atoms with Crippen LogP contribution in [0.15, 0.2) is 42.2 Å². The second-order valence-corrected chi connectivity index (χ2v) is 6.75. The fourth-order valence-corrected chi connectivity index (χ4v) is 3.61. The standard InChI is InChI=1S/C18H18N4O4S/c1-11(17(24)22-8-4-6-14(22)18(25)26-2)20-15(23)13-10-27-16(21-13)12-5-3-7-19-9-12/h3,5,7,9-10,14H,1,4,6,8H2,2H3,(H,20,23)/t14-/m0/s1. The molecular weight excluding hydrogens is 368 g/mol. The number of ether oxygens (including phenoxy) is 1. The number of rotatable bonds is 5. The Bertz CT molecular complexity index is 880. The van der Waals surface area contributed by atoms with Crippen molar-refractivity contribution >= 4 is 29.1 Å². The van der Waals surface area contributed by atoms with E-state index in [9.17, 15) is 14.4 Å². The molecule has 1 N–H and O–H groups in total. The summed E-state index contributed by atoms with van der Waals surface area (Å²) in [6, 6.07) is 2.98. The van der Waals surface area contributed by atoms with Gasteiger partial charge in [-0.25, -0.2) is 9.78 Å². The van der Waals surface area contributed by atoms with Crippen molar-refractivity contribution in [2.45, 2.75) is 18.9 Å². The van der Waals surface area contributed by atoms with E-state index >= 15 is 0 Å². The highest BCUT2D eigenvalue weighted by molar-refractivity contribution is 7.13. The molecule has 0 bridgehead atoms. The maximum absolute atomic E-state index is 12.5. The summed E-state index contributed by atoms with van der Waals surface area (Å²) in [5.41, 5.74) is 0.875. The predicted molar refractivity (Wildman–Crippen MR) is 98.7 cm³/mol. The van der Waals surface area contributed by atoms with Gasteiger partial charge >= 0.3 is 5.97 Å². The van der Waals surface area contributed by atoms with Crippen LogP contribution in [0.4, 0.5) is 0 Å². The average Bonchev–Trinajstić information content (AvgIpc) is 3.37. The van der Waals surface area contributed by atoms with E-state index in [1.807, 2.05) is 6.07 Å². The van der Waals surface area contributed by atoms with Gasteiger partial charge in [-0.1, -0.05) is 6.58 Å². The first kappa shape index (κ1) is 18.7. The molecule has 1 fully saturated rings. The average molecular weight is 386 g/mol. The summed E-state index contributed by atoms with van der Waals surface area (Å²) >= 11 is 1.30. The number of carbonyl (C=O) groups excluding carboxylic acids is 3. The summed E-state index contributed by atoms with van der Waals surface area (Å²) in [6.45, 7) is 4.05. The van der Waals surface area contributed by atoms with Gasteiger partial charge in [-0.05, 0) is 25.0 Å². The molecule has 27 heavy (non-hydrogen) atoms. The molecule has 9 heteroatoms. The molecule has 0 unspecified atom stereocenters. The summed E-state index contributed by atoms with van der Waals surface area (Å²) in [7, 11) is 1.28. The van der Waals surface area contributed by atoms with Gasteiger partial charge in [-0.3, -0.25) is 14.6 Å². The minimum atomic E-state index is -0.646. The van der Waals surface area contributed by atoms with Crippen molar-refractivity contribution < 1.29 is 19.1 Å². The van der Waals surface area contributed by atoms with E-state index < -0.39 is 23.8 Å². The molecular formula is C18H18N4O4S. The first-order valence-electron chi connectivity index (χ1n) is 8.26. The first-order chi connectivity index (χ1) is 13.0. The highest BCUT2D eigenvalue weighted by Gasteiger charge is 2.36. The second kappa shape index (κ2) is 8.09. The minimum Gasteiger partial charge on any atom is -0.467 e. The normalized spacial score (nSPS) is 16.0. The fraction of sp³-hybridized carbons (Fsp3) is 0.278. The predicted octanol–water partition coefficient (Wildman–Crippen LogP) is 1.61. The van der Waals surface area contributed by atoms with E-state index in [-0.39, 0.29) is 11.4 Å². The number of pyridine rings is 1. The van der Waals surface area contributed by atoms with Crippen molar-refractivity contribution in [3.63, 3.8) is 0 Å². The van der Waals surface area contributed by atoms with Gasteiger partial charge < -0.3 is 15.0 Å². The summed E-state index contributed by atoms with van der Waals surface area (Å²) in [5, 5.41) is 4.72. The highest BCUT2D eigenvalue weighted by atomic mass is 32.1. The Labute approximate surface area is 159 Å². The molecule has 0 saturated carbocycles. The highest BCUT2D eigenvalue weighted by Crippen LogP contribution is 2.23. The summed E-state index contributed by atoms with van der Waals surface area (Å²) in [5.74, 6) is -1.51. The van der Waals surface area contributed by atoms with Gasteiger partial charge in [0.25, 0.3) is 11.8 Å². The van der Waals surface area contributed by atoms with Crippen LogP contribution in [0.25, 0.3) is 10.6 Å². The molecule has 2 aromatic rings. The lowest BCUT2D eigenvalue weighted by Crippen LogP contribution is -2.44. The summed E-state index contributed by atoms with van der Waals surface area (Å²) in [6.07, 6.45) is 4.52. The number of nitrogens with zero attached hydrogens (tertiary/aromatic N) is 3. The first-order valence-corrected chi connectivity index (χ1v) is 9.14. The van der Waals surface area contributed by atoms with E-state index in [1.54, 1.807) is 23.8 Å². The molecule has 2 amide bonds. The lowest BCUT2D eigenvalue weighted by molar-refractivity contribution is -0.149. The fourth-order valence-electron chi connectivity index (χ4n) is 2.82. The zero-order chi connectivity index (χ0) is 19.4. The molecule has 1 aliphatic heterocycles. The number of esters is 1. The molecule has 1 atom stereocenters. The number of nitrogens with one attached hydrogen (secondary N) is 1. The summed E-state index contributed by atoms with van der Waals surface area (Å²) < 4.78 is 4.73. The van der Waals surface area contributed by atoms with E-state index in [4.69, 9.17) is 4.74 Å². The molecule has 1 saturated heterocycles. The van der Waals surface area contributed by atoms with Crippen molar-refractivity contribution in [1.29, 1.82) is 0 Å². The second-order valence-electron chi connectivity index (χ2n) is 5.89. The van der Waals surface area contributed by atoms with Crippen molar-refractivity contribution in [3.8, 4) is 10.6 Å². The quantitative estimate of drug-likeness (QED) is 0.619. The number of aromatic nitrogens is 2. The van der Waals surface area contributed by atoms with Crippen LogP contribution in [0.1, 0.15) is 23.3 Å². The third kappa shape index (κ3) is 4.03. The number of methoxy groups -OCH3 is 1. The molecule has 1 aliphatic rings. The van der Waals surface area contributed by atoms with Crippen LogP contribution in [0.3, 0.4) is 0 Å². The zero-order valence-electron chi connectivity index (χ0n) is 14.7. The maximum atomic E-state index is 12.5. The van der Waals surface area contributed by atoms with Crippen molar-refractivity contribution in [1.82, 2.24) is 20.2 Å². The van der Waals surface area contributed by atoms with Crippen molar-refractivity contribution in [2.75, 3.05) is 13.7 Å². The van der Waals surface area contributed by atoms with Gasteiger partial charge in [0.2, 0.25) is 0 Å². The van der Waals surface area contributed by atoms with Gasteiger partial charge in [0.1, 0.15) is 16.7 Å². The molecule has 8 nitrogen and oxygen atoms in total. The van der Waals surface area contributed by atoms with Gasteiger partial charge in [0.15, 0.2) is 0 Å². The molecule has 140 valence electrons. The Morgan fingerprint density at radius 2 is 2.22 bits per heavy atom. The van der Waals surface area contributed by atoms with Gasteiger partial charge in [-0.2, -0.15) is 0 Å². The number of hydrogen-bond acceptors (Lipinski definition) is 7. The molecule has 0 aliphatic carbocycles. The van der Waals surface area contributed by atoms with Crippen LogP contribution in [0, 0.1) is 0 Å². The molecule has 0 spiro atoms. The van der Waals surface area contributed by atoms with Gasteiger partial charge in [0.05, 0.1) is 12.8 Å². The van der Waals surface area contributed by atoms with Crippen molar-refractivity contribution in [3.05, 3.63) is 47.9 Å². The number of likely N-dealkylation sites (tertiary alicyclic amines) is 1. The van der Waals surface area contributed by atoms with E-state index in [2.05, 4.69) is 21.9 Å². The maximum Gasteiger partial charge on any atom is 0.328 e. The smallest absolute Gasteiger partial charge is 0.328 e. The zero-order valence-corrected chi connectivity index (χ0v) is 15.5. The monoisotopic (exact) mass is 386 g/mol.